The molecule has 0 rings (SSSR count). The van der Waals surface area contributed by atoms with E-state index in [2.05, 4.69) is 18.7 Å². The van der Waals surface area contributed by atoms with Crippen molar-refractivity contribution in [2.75, 3.05) is 32.8 Å². The van der Waals surface area contributed by atoms with Crippen LogP contribution in [0.25, 0.3) is 0 Å². The van der Waals surface area contributed by atoms with Crippen LogP contribution in [-0.4, -0.2) is 60.0 Å². The highest BCUT2D eigenvalue weighted by Gasteiger charge is 2.14. The predicted molar refractivity (Wildman–Crippen MR) is 158 cm³/mol. The molecule has 2 N–H and O–H groups in total. The summed E-state index contributed by atoms with van der Waals surface area (Å²) >= 11 is 0. The SMILES string of the molecule is CCCCCCCCC(CCCCCCCC)OC(=O)CCCCCCCN(CCO)CCCCCO. The molecule has 0 unspecified atom stereocenters. The minimum atomic E-state index is 0.0129. The molecule has 37 heavy (non-hydrogen) atoms. The number of hydrogen-bond donors (Lipinski definition) is 2. The standard InChI is InChI=1S/C32H65NO4/c1-3-5-7-9-12-17-23-31(24-18-13-10-8-6-4-2)37-32(36)25-19-14-11-15-20-26-33(28-30-35)27-21-16-22-29-34/h31,34-35H,3-30H2,1-2H3. The average Bonchev–Trinajstić information content (AvgIpc) is 2.89. The zero-order valence-corrected chi connectivity index (χ0v) is 25.0. The first-order valence-electron chi connectivity index (χ1n) is 16.3. The molecule has 0 saturated heterocycles. The fraction of sp³-hybridized carbons (Fsp3) is 0.969. The van der Waals surface area contributed by atoms with Crippen molar-refractivity contribution in [1.82, 2.24) is 4.90 Å². The molecule has 0 aromatic carbocycles. The lowest BCUT2D eigenvalue weighted by molar-refractivity contribution is -0.150. The third-order valence-electron chi connectivity index (χ3n) is 7.46. The minimum Gasteiger partial charge on any atom is -0.462 e. The van der Waals surface area contributed by atoms with E-state index in [1.807, 2.05) is 0 Å². The number of aliphatic hydroxyl groups excluding tert-OH is 2. The molecule has 0 bridgehead atoms. The monoisotopic (exact) mass is 527 g/mol. The Morgan fingerprint density at radius 3 is 1.54 bits per heavy atom. The summed E-state index contributed by atoms with van der Waals surface area (Å²) in [6.07, 6.45) is 26.7. The highest BCUT2D eigenvalue weighted by atomic mass is 16.5. The number of carbonyl (C=O) groups is 1. The van der Waals surface area contributed by atoms with E-state index in [4.69, 9.17) is 9.84 Å². The van der Waals surface area contributed by atoms with Gasteiger partial charge in [0.15, 0.2) is 0 Å². The van der Waals surface area contributed by atoms with Crippen molar-refractivity contribution in [3.8, 4) is 0 Å². The number of rotatable bonds is 30. The van der Waals surface area contributed by atoms with Gasteiger partial charge in [0.25, 0.3) is 0 Å². The highest BCUT2D eigenvalue weighted by molar-refractivity contribution is 5.69. The average molecular weight is 528 g/mol. The molecule has 0 atom stereocenters. The molecule has 0 radical (unpaired) electrons. The van der Waals surface area contributed by atoms with Crippen LogP contribution < -0.4 is 0 Å². The Morgan fingerprint density at radius 2 is 1.03 bits per heavy atom. The number of carbonyl (C=O) groups excluding carboxylic acids is 1. The van der Waals surface area contributed by atoms with E-state index in [1.54, 1.807) is 0 Å². The second kappa shape index (κ2) is 29.9. The largest absolute Gasteiger partial charge is 0.462 e. The van der Waals surface area contributed by atoms with E-state index in [1.165, 1.54) is 83.5 Å². The van der Waals surface area contributed by atoms with Crippen molar-refractivity contribution in [1.29, 1.82) is 0 Å². The molecule has 5 nitrogen and oxygen atoms in total. The summed E-state index contributed by atoms with van der Waals surface area (Å²) in [6.45, 7) is 7.77. The van der Waals surface area contributed by atoms with Gasteiger partial charge in [0.1, 0.15) is 6.10 Å². The molecule has 0 amide bonds. The van der Waals surface area contributed by atoms with Crippen LogP contribution in [0.1, 0.15) is 162 Å². The molecule has 0 aliphatic carbocycles. The normalized spacial score (nSPS) is 11.6. The van der Waals surface area contributed by atoms with Gasteiger partial charge in [-0.25, -0.2) is 0 Å². The lowest BCUT2D eigenvalue weighted by Crippen LogP contribution is -2.29. The molecule has 0 saturated carbocycles. The lowest BCUT2D eigenvalue weighted by atomic mass is 10.0. The smallest absolute Gasteiger partial charge is 0.306 e. The van der Waals surface area contributed by atoms with Gasteiger partial charge >= 0.3 is 5.97 Å². The quantitative estimate of drug-likeness (QED) is 0.0727. The van der Waals surface area contributed by atoms with Crippen molar-refractivity contribution >= 4 is 5.97 Å². The topological polar surface area (TPSA) is 70.0 Å². The molecule has 0 fully saturated rings. The highest BCUT2D eigenvalue weighted by Crippen LogP contribution is 2.18. The van der Waals surface area contributed by atoms with Crippen molar-refractivity contribution in [3.63, 3.8) is 0 Å². The number of aliphatic hydroxyl groups is 2. The molecule has 0 aliphatic heterocycles. The molecule has 222 valence electrons. The van der Waals surface area contributed by atoms with Crippen LogP contribution in [0.2, 0.25) is 0 Å². The predicted octanol–water partition coefficient (Wildman–Crippen LogP) is 8.20. The zero-order valence-electron chi connectivity index (χ0n) is 25.0. The summed E-state index contributed by atoms with van der Waals surface area (Å²) in [4.78, 5) is 14.9. The second-order valence-corrected chi connectivity index (χ2v) is 11.1. The van der Waals surface area contributed by atoms with E-state index >= 15 is 0 Å². The molecule has 0 heterocycles. The van der Waals surface area contributed by atoms with Crippen LogP contribution in [0.4, 0.5) is 0 Å². The van der Waals surface area contributed by atoms with Gasteiger partial charge in [-0.3, -0.25) is 4.79 Å². The summed E-state index contributed by atoms with van der Waals surface area (Å²) in [7, 11) is 0. The summed E-state index contributed by atoms with van der Waals surface area (Å²) in [6, 6.07) is 0. The van der Waals surface area contributed by atoms with Crippen molar-refractivity contribution in [2.45, 2.75) is 168 Å². The third-order valence-corrected chi connectivity index (χ3v) is 7.46. The van der Waals surface area contributed by atoms with E-state index in [0.717, 1.165) is 77.4 Å². The number of esters is 1. The Balaban J connectivity index is 4.05. The van der Waals surface area contributed by atoms with Gasteiger partial charge in [-0.1, -0.05) is 97.3 Å². The van der Waals surface area contributed by atoms with Crippen LogP contribution in [0.5, 0.6) is 0 Å². The Morgan fingerprint density at radius 1 is 0.568 bits per heavy atom. The van der Waals surface area contributed by atoms with Gasteiger partial charge in [0.05, 0.1) is 6.61 Å². The first kappa shape index (κ1) is 36.4. The molecule has 0 aromatic rings. The van der Waals surface area contributed by atoms with E-state index in [0.29, 0.717) is 6.42 Å². The molecule has 5 heteroatoms. The van der Waals surface area contributed by atoms with Crippen molar-refractivity contribution in [3.05, 3.63) is 0 Å². The summed E-state index contributed by atoms with van der Waals surface area (Å²) < 4.78 is 5.96. The molecule has 0 aliphatic rings. The van der Waals surface area contributed by atoms with E-state index < -0.39 is 0 Å². The molecule has 0 aromatic heterocycles. The van der Waals surface area contributed by atoms with Gasteiger partial charge in [-0.05, 0) is 70.9 Å². The van der Waals surface area contributed by atoms with Gasteiger partial charge in [-0.15, -0.1) is 0 Å². The summed E-state index contributed by atoms with van der Waals surface area (Å²) in [5.74, 6) is 0.0129. The molecular weight excluding hydrogens is 462 g/mol. The lowest BCUT2D eigenvalue weighted by Gasteiger charge is -2.21. The van der Waals surface area contributed by atoms with E-state index in [-0.39, 0.29) is 25.3 Å². The maximum atomic E-state index is 12.5. The van der Waals surface area contributed by atoms with Crippen LogP contribution >= 0.6 is 0 Å². The fourth-order valence-corrected chi connectivity index (χ4v) is 5.05. The first-order chi connectivity index (χ1) is 18.2. The van der Waals surface area contributed by atoms with Gasteiger partial charge in [0, 0.05) is 19.6 Å². The molecule has 0 spiro atoms. The molecular formula is C32H65NO4. The second-order valence-electron chi connectivity index (χ2n) is 11.1. The number of hydrogen-bond acceptors (Lipinski definition) is 5. The van der Waals surface area contributed by atoms with Gasteiger partial charge in [-0.2, -0.15) is 0 Å². The number of unbranched alkanes of at least 4 members (excludes halogenated alkanes) is 16. The van der Waals surface area contributed by atoms with Crippen LogP contribution in [0, 0.1) is 0 Å². The van der Waals surface area contributed by atoms with Crippen molar-refractivity contribution < 1.29 is 19.7 Å². The van der Waals surface area contributed by atoms with E-state index in [9.17, 15) is 9.90 Å². The third kappa shape index (κ3) is 26.7. The maximum absolute atomic E-state index is 12.5. The Bertz CT molecular complexity index is 444. The van der Waals surface area contributed by atoms with Crippen LogP contribution in [0.15, 0.2) is 0 Å². The summed E-state index contributed by atoms with van der Waals surface area (Å²) in [5.41, 5.74) is 0. The summed E-state index contributed by atoms with van der Waals surface area (Å²) in [5, 5.41) is 18.2. The van der Waals surface area contributed by atoms with Gasteiger partial charge in [0.2, 0.25) is 0 Å². The number of ether oxygens (including phenoxy) is 1. The minimum absolute atomic E-state index is 0.0129. The Kier molecular flexibility index (Phi) is 29.4. The number of nitrogens with zero attached hydrogens (tertiary/aromatic N) is 1. The van der Waals surface area contributed by atoms with Crippen LogP contribution in [0.3, 0.4) is 0 Å². The Hall–Kier alpha value is -0.650. The fourth-order valence-electron chi connectivity index (χ4n) is 5.05. The maximum Gasteiger partial charge on any atom is 0.306 e. The Labute approximate surface area is 231 Å². The zero-order chi connectivity index (χ0) is 27.2. The first-order valence-corrected chi connectivity index (χ1v) is 16.3. The van der Waals surface area contributed by atoms with Crippen molar-refractivity contribution in [2.24, 2.45) is 0 Å². The van der Waals surface area contributed by atoms with Crippen LogP contribution in [-0.2, 0) is 9.53 Å². The van der Waals surface area contributed by atoms with Gasteiger partial charge < -0.3 is 19.8 Å².